The van der Waals surface area contributed by atoms with Gasteiger partial charge in [0.2, 0.25) is 17.7 Å². The van der Waals surface area contributed by atoms with Crippen LogP contribution in [0.1, 0.15) is 26.7 Å². The Kier molecular flexibility index (Phi) is 7.37. The van der Waals surface area contributed by atoms with Crippen molar-refractivity contribution >= 4 is 40.5 Å². The number of carbonyl (C=O) groups is 3. The van der Waals surface area contributed by atoms with Gasteiger partial charge < -0.3 is 21.3 Å². The second kappa shape index (κ2) is 9.96. The van der Waals surface area contributed by atoms with Crippen molar-refractivity contribution in [2.75, 3.05) is 27.8 Å². The molecule has 27 heavy (non-hydrogen) atoms. The van der Waals surface area contributed by atoms with Crippen molar-refractivity contribution in [1.29, 1.82) is 0 Å². The zero-order valence-corrected chi connectivity index (χ0v) is 15.5. The Morgan fingerprint density at radius 3 is 1.96 bits per heavy atom. The second-order valence-corrected chi connectivity index (χ2v) is 6.04. The molecule has 0 saturated carbocycles. The number of anilines is 4. The molecule has 3 amide bonds. The maximum Gasteiger partial charge on any atom is 0.243 e. The van der Waals surface area contributed by atoms with E-state index in [-0.39, 0.29) is 24.3 Å². The molecule has 2 rings (SSSR count). The van der Waals surface area contributed by atoms with Crippen LogP contribution in [0.2, 0.25) is 0 Å². The van der Waals surface area contributed by atoms with Crippen molar-refractivity contribution < 1.29 is 14.4 Å². The second-order valence-electron chi connectivity index (χ2n) is 6.04. The summed E-state index contributed by atoms with van der Waals surface area (Å²) in [5, 5.41) is 11.3. The summed E-state index contributed by atoms with van der Waals surface area (Å²) in [5.41, 5.74) is 2.71. The molecule has 0 aliphatic heterocycles. The fraction of sp³-hybridized carbons (Fsp3) is 0.250. The average Bonchev–Trinajstić information content (AvgIpc) is 2.61. The first-order chi connectivity index (χ1) is 13.0. The highest BCUT2D eigenvalue weighted by Crippen LogP contribution is 2.16. The monoisotopic (exact) mass is 368 g/mol. The molecule has 0 saturated heterocycles. The first-order valence-electron chi connectivity index (χ1n) is 8.77. The Balaban J connectivity index is 1.85. The molecule has 0 aliphatic carbocycles. The van der Waals surface area contributed by atoms with Gasteiger partial charge in [-0.1, -0.05) is 13.0 Å². The predicted molar refractivity (Wildman–Crippen MR) is 108 cm³/mol. The molecular weight excluding hydrogens is 344 g/mol. The van der Waals surface area contributed by atoms with Gasteiger partial charge in [0.25, 0.3) is 0 Å². The first kappa shape index (κ1) is 20.0. The lowest BCUT2D eigenvalue weighted by Gasteiger charge is -2.10. The van der Waals surface area contributed by atoms with E-state index < -0.39 is 0 Å². The zero-order valence-electron chi connectivity index (χ0n) is 15.5. The maximum atomic E-state index is 12.1. The van der Waals surface area contributed by atoms with Crippen LogP contribution in [0.4, 0.5) is 22.7 Å². The molecule has 0 heterocycles. The lowest BCUT2D eigenvalue weighted by Crippen LogP contribution is -2.21. The number of rotatable bonds is 8. The minimum atomic E-state index is -0.210. The summed E-state index contributed by atoms with van der Waals surface area (Å²) >= 11 is 0. The van der Waals surface area contributed by atoms with Crippen LogP contribution in [-0.2, 0) is 14.4 Å². The number of amides is 3. The Hall–Kier alpha value is -3.35. The molecule has 0 atom stereocenters. The van der Waals surface area contributed by atoms with E-state index >= 15 is 0 Å². The summed E-state index contributed by atoms with van der Waals surface area (Å²) in [6, 6.07) is 14.1. The minimum absolute atomic E-state index is 0.0506. The first-order valence-corrected chi connectivity index (χ1v) is 8.77. The molecule has 4 N–H and O–H groups in total. The molecule has 142 valence electrons. The third kappa shape index (κ3) is 7.19. The summed E-state index contributed by atoms with van der Waals surface area (Å²) in [6.45, 7) is 3.48. The smallest absolute Gasteiger partial charge is 0.243 e. The summed E-state index contributed by atoms with van der Waals surface area (Å²) in [5.74, 6) is -0.397. The van der Waals surface area contributed by atoms with Gasteiger partial charge >= 0.3 is 0 Å². The molecule has 2 aromatic rings. The van der Waals surface area contributed by atoms with Crippen LogP contribution in [0.3, 0.4) is 0 Å². The largest absolute Gasteiger partial charge is 0.376 e. The minimum Gasteiger partial charge on any atom is -0.376 e. The molecule has 0 bridgehead atoms. The van der Waals surface area contributed by atoms with E-state index in [1.807, 2.05) is 6.92 Å². The SMILES string of the molecule is CCCC(=O)Nc1cccc(NC(=O)CNc2ccc(NC(C)=O)cc2)c1. The molecule has 7 heteroatoms. The van der Waals surface area contributed by atoms with Crippen LogP contribution in [-0.4, -0.2) is 24.3 Å². The number of nitrogens with one attached hydrogen (secondary N) is 4. The highest BCUT2D eigenvalue weighted by molar-refractivity contribution is 5.95. The van der Waals surface area contributed by atoms with Crippen LogP contribution >= 0.6 is 0 Å². The zero-order chi connectivity index (χ0) is 19.6. The number of carbonyl (C=O) groups excluding carboxylic acids is 3. The van der Waals surface area contributed by atoms with E-state index in [1.165, 1.54) is 6.92 Å². The van der Waals surface area contributed by atoms with Gasteiger partial charge in [0.15, 0.2) is 0 Å². The third-order valence-corrected chi connectivity index (χ3v) is 3.57. The van der Waals surface area contributed by atoms with Crippen molar-refractivity contribution in [2.24, 2.45) is 0 Å². The average molecular weight is 368 g/mol. The van der Waals surface area contributed by atoms with Gasteiger partial charge in [0.05, 0.1) is 6.54 Å². The van der Waals surface area contributed by atoms with Crippen molar-refractivity contribution in [2.45, 2.75) is 26.7 Å². The van der Waals surface area contributed by atoms with Gasteiger partial charge in [-0.15, -0.1) is 0 Å². The van der Waals surface area contributed by atoms with E-state index in [9.17, 15) is 14.4 Å². The Morgan fingerprint density at radius 1 is 0.778 bits per heavy atom. The lowest BCUT2D eigenvalue weighted by atomic mass is 10.2. The lowest BCUT2D eigenvalue weighted by molar-refractivity contribution is -0.116. The third-order valence-electron chi connectivity index (χ3n) is 3.57. The molecular formula is C20H24N4O3. The molecule has 0 radical (unpaired) electrons. The van der Waals surface area contributed by atoms with Crippen molar-refractivity contribution in [3.05, 3.63) is 48.5 Å². The van der Waals surface area contributed by atoms with E-state index in [1.54, 1.807) is 48.5 Å². The van der Waals surface area contributed by atoms with Gasteiger partial charge in [0.1, 0.15) is 0 Å². The fourth-order valence-corrected chi connectivity index (χ4v) is 2.39. The predicted octanol–water partition coefficient (Wildman–Crippen LogP) is 3.43. The summed E-state index contributed by atoms with van der Waals surface area (Å²) in [4.78, 5) is 34.8. The topological polar surface area (TPSA) is 99.3 Å². The van der Waals surface area contributed by atoms with E-state index in [0.29, 0.717) is 23.5 Å². The van der Waals surface area contributed by atoms with Gasteiger partial charge in [-0.05, 0) is 48.9 Å². The van der Waals surface area contributed by atoms with Crippen molar-refractivity contribution in [3.8, 4) is 0 Å². The quantitative estimate of drug-likeness (QED) is 0.573. The maximum absolute atomic E-state index is 12.1. The Morgan fingerprint density at radius 2 is 1.37 bits per heavy atom. The van der Waals surface area contributed by atoms with Crippen LogP contribution < -0.4 is 21.3 Å². The summed E-state index contributed by atoms with van der Waals surface area (Å²) < 4.78 is 0. The van der Waals surface area contributed by atoms with Gasteiger partial charge in [-0.25, -0.2) is 0 Å². The van der Waals surface area contributed by atoms with E-state index in [0.717, 1.165) is 12.1 Å². The molecule has 0 fully saturated rings. The summed E-state index contributed by atoms with van der Waals surface area (Å²) in [6.07, 6.45) is 1.24. The Labute approximate surface area is 158 Å². The molecule has 0 aromatic heterocycles. The highest BCUT2D eigenvalue weighted by atomic mass is 16.2. The molecule has 0 aliphatic rings. The van der Waals surface area contributed by atoms with Gasteiger partial charge in [-0.2, -0.15) is 0 Å². The fourth-order valence-electron chi connectivity index (χ4n) is 2.39. The molecule has 0 spiro atoms. The molecule has 7 nitrogen and oxygen atoms in total. The molecule has 0 unspecified atom stereocenters. The number of benzene rings is 2. The Bertz CT molecular complexity index is 803. The standard InChI is InChI=1S/C20H24N4O3/c1-3-5-19(26)23-17-6-4-7-18(12-17)24-20(27)13-21-15-8-10-16(11-9-15)22-14(2)25/h4,6-12,21H,3,5,13H2,1-2H3,(H,22,25)(H,23,26)(H,24,27). The number of hydrogen-bond donors (Lipinski definition) is 4. The number of hydrogen-bond acceptors (Lipinski definition) is 4. The van der Waals surface area contributed by atoms with Crippen molar-refractivity contribution in [1.82, 2.24) is 0 Å². The van der Waals surface area contributed by atoms with Crippen LogP contribution in [0, 0.1) is 0 Å². The van der Waals surface area contributed by atoms with Gasteiger partial charge in [-0.3, -0.25) is 14.4 Å². The van der Waals surface area contributed by atoms with E-state index in [2.05, 4.69) is 21.3 Å². The summed E-state index contributed by atoms with van der Waals surface area (Å²) in [7, 11) is 0. The van der Waals surface area contributed by atoms with E-state index in [4.69, 9.17) is 0 Å². The highest BCUT2D eigenvalue weighted by Gasteiger charge is 2.05. The van der Waals surface area contributed by atoms with Crippen LogP contribution in [0.15, 0.2) is 48.5 Å². The van der Waals surface area contributed by atoms with Crippen molar-refractivity contribution in [3.63, 3.8) is 0 Å². The normalized spacial score (nSPS) is 10.0. The molecule has 2 aromatic carbocycles. The van der Waals surface area contributed by atoms with Crippen LogP contribution in [0.25, 0.3) is 0 Å². The van der Waals surface area contributed by atoms with Gasteiger partial charge in [0, 0.05) is 36.1 Å². The van der Waals surface area contributed by atoms with Crippen LogP contribution in [0.5, 0.6) is 0 Å².